The zero-order valence-electron chi connectivity index (χ0n) is 10.5. The van der Waals surface area contributed by atoms with Gasteiger partial charge >= 0.3 is 0 Å². The molecule has 0 aliphatic carbocycles. The Kier molecular flexibility index (Phi) is 4.21. The van der Waals surface area contributed by atoms with Gasteiger partial charge in [-0.1, -0.05) is 29.8 Å². The van der Waals surface area contributed by atoms with E-state index in [0.717, 1.165) is 32.3 Å². The Bertz CT molecular complexity index is 380. The molecule has 0 saturated carbocycles. The highest BCUT2D eigenvalue weighted by Crippen LogP contribution is 2.18. The Balaban J connectivity index is 1.85. The topological polar surface area (TPSA) is 35.2 Å². The number of ether oxygens (including phenoxy) is 1. The fraction of sp³-hybridized carbons (Fsp3) is 0.467. The molecular formula is C15H21NO. The highest BCUT2D eigenvalue weighted by molar-refractivity contribution is 5.22. The van der Waals surface area contributed by atoms with Crippen molar-refractivity contribution in [2.24, 2.45) is 5.73 Å². The van der Waals surface area contributed by atoms with E-state index in [1.165, 1.54) is 16.7 Å². The second-order valence-corrected chi connectivity index (χ2v) is 4.80. The second kappa shape index (κ2) is 5.87. The van der Waals surface area contributed by atoms with Crippen molar-refractivity contribution in [2.75, 3.05) is 6.61 Å². The summed E-state index contributed by atoms with van der Waals surface area (Å²) in [6, 6.07) is 8.84. The lowest BCUT2D eigenvalue weighted by molar-refractivity contribution is 0.221. The number of benzene rings is 1. The van der Waals surface area contributed by atoms with E-state index in [4.69, 9.17) is 10.5 Å². The van der Waals surface area contributed by atoms with Crippen LogP contribution in [0.25, 0.3) is 0 Å². The molecule has 1 unspecified atom stereocenters. The zero-order valence-corrected chi connectivity index (χ0v) is 10.5. The van der Waals surface area contributed by atoms with E-state index in [9.17, 15) is 0 Å². The third-order valence-corrected chi connectivity index (χ3v) is 3.30. The molecule has 1 heterocycles. The highest BCUT2D eigenvalue weighted by atomic mass is 16.5. The van der Waals surface area contributed by atoms with Crippen molar-refractivity contribution < 1.29 is 4.74 Å². The summed E-state index contributed by atoms with van der Waals surface area (Å²) >= 11 is 0. The summed E-state index contributed by atoms with van der Waals surface area (Å²) < 4.78 is 5.33. The van der Waals surface area contributed by atoms with E-state index < -0.39 is 0 Å². The fourth-order valence-corrected chi connectivity index (χ4v) is 2.12. The summed E-state index contributed by atoms with van der Waals surface area (Å²) in [5.74, 6) is 0. The third kappa shape index (κ3) is 3.60. The van der Waals surface area contributed by atoms with Crippen molar-refractivity contribution in [3.05, 3.63) is 47.2 Å². The molecule has 0 fully saturated rings. The summed E-state index contributed by atoms with van der Waals surface area (Å²) in [6.45, 7) is 2.95. The average Bonchev–Trinajstić information content (AvgIpc) is 2.39. The summed E-state index contributed by atoms with van der Waals surface area (Å²) in [6.07, 6.45) is 6.10. The molecule has 1 aliphatic rings. The minimum absolute atomic E-state index is 0.150. The maximum atomic E-state index is 6.18. The minimum Gasteiger partial charge on any atom is -0.501 e. The zero-order chi connectivity index (χ0) is 12.1. The van der Waals surface area contributed by atoms with Crippen LogP contribution in [0.5, 0.6) is 0 Å². The molecular weight excluding hydrogens is 210 g/mol. The molecule has 92 valence electrons. The van der Waals surface area contributed by atoms with Gasteiger partial charge in [-0.2, -0.15) is 0 Å². The van der Waals surface area contributed by atoms with Gasteiger partial charge in [0.1, 0.15) is 0 Å². The number of rotatable bonds is 4. The first-order chi connectivity index (χ1) is 8.25. The molecule has 1 aromatic rings. The van der Waals surface area contributed by atoms with E-state index in [2.05, 4.69) is 31.2 Å². The Morgan fingerprint density at radius 3 is 2.71 bits per heavy atom. The number of hydrogen-bond donors (Lipinski definition) is 1. The van der Waals surface area contributed by atoms with Crippen molar-refractivity contribution in [1.82, 2.24) is 0 Å². The maximum absolute atomic E-state index is 6.18. The highest BCUT2D eigenvalue weighted by Gasteiger charge is 2.12. The first-order valence-electron chi connectivity index (χ1n) is 6.37. The third-order valence-electron chi connectivity index (χ3n) is 3.30. The smallest absolute Gasteiger partial charge is 0.0876 e. The van der Waals surface area contributed by atoms with Crippen LogP contribution in [0.1, 0.15) is 30.4 Å². The first-order valence-corrected chi connectivity index (χ1v) is 6.37. The largest absolute Gasteiger partial charge is 0.501 e. The van der Waals surface area contributed by atoms with Gasteiger partial charge in [-0.3, -0.25) is 0 Å². The normalized spacial score (nSPS) is 17.2. The maximum Gasteiger partial charge on any atom is 0.0876 e. The molecule has 2 N–H and O–H groups in total. The Labute approximate surface area is 103 Å². The van der Waals surface area contributed by atoms with E-state index in [1.807, 2.05) is 6.26 Å². The van der Waals surface area contributed by atoms with Gasteiger partial charge in [0.2, 0.25) is 0 Å². The van der Waals surface area contributed by atoms with Crippen LogP contribution in [-0.4, -0.2) is 12.6 Å². The summed E-state index contributed by atoms with van der Waals surface area (Å²) in [7, 11) is 0. The molecule has 0 amide bonds. The van der Waals surface area contributed by atoms with E-state index >= 15 is 0 Å². The van der Waals surface area contributed by atoms with Gasteiger partial charge < -0.3 is 10.5 Å². The minimum atomic E-state index is 0.150. The molecule has 0 radical (unpaired) electrons. The van der Waals surface area contributed by atoms with Crippen LogP contribution >= 0.6 is 0 Å². The predicted octanol–water partition coefficient (Wildman–Crippen LogP) is 2.95. The van der Waals surface area contributed by atoms with Crippen molar-refractivity contribution in [1.29, 1.82) is 0 Å². The molecule has 0 bridgehead atoms. The molecule has 2 rings (SSSR count). The van der Waals surface area contributed by atoms with Crippen LogP contribution in [-0.2, 0) is 11.2 Å². The summed E-state index contributed by atoms with van der Waals surface area (Å²) in [4.78, 5) is 0. The first kappa shape index (κ1) is 12.2. The lowest BCUT2D eigenvalue weighted by Gasteiger charge is -2.19. The van der Waals surface area contributed by atoms with Gasteiger partial charge in [0.25, 0.3) is 0 Å². The molecule has 1 aliphatic heterocycles. The fourth-order valence-electron chi connectivity index (χ4n) is 2.12. The molecule has 0 saturated heterocycles. The SMILES string of the molecule is Cc1ccc(CCC(N)C2=COCCC2)cc1. The van der Waals surface area contributed by atoms with Crippen LogP contribution in [0.3, 0.4) is 0 Å². The van der Waals surface area contributed by atoms with Gasteiger partial charge in [-0.05, 0) is 43.7 Å². The van der Waals surface area contributed by atoms with Gasteiger partial charge in [-0.15, -0.1) is 0 Å². The average molecular weight is 231 g/mol. The summed E-state index contributed by atoms with van der Waals surface area (Å²) in [5, 5.41) is 0. The van der Waals surface area contributed by atoms with E-state index in [0.29, 0.717) is 0 Å². The van der Waals surface area contributed by atoms with Crippen molar-refractivity contribution in [3.63, 3.8) is 0 Å². The lowest BCUT2D eigenvalue weighted by Crippen LogP contribution is -2.25. The van der Waals surface area contributed by atoms with Crippen molar-refractivity contribution in [2.45, 2.75) is 38.6 Å². The van der Waals surface area contributed by atoms with Crippen LogP contribution < -0.4 is 5.73 Å². The van der Waals surface area contributed by atoms with Gasteiger partial charge in [0.05, 0.1) is 12.9 Å². The van der Waals surface area contributed by atoms with E-state index in [1.54, 1.807) is 0 Å². The number of nitrogens with two attached hydrogens (primary N) is 1. The quantitative estimate of drug-likeness (QED) is 0.864. The Morgan fingerprint density at radius 1 is 1.29 bits per heavy atom. The standard InChI is InChI=1S/C15H21NO/c1-12-4-6-13(7-5-12)8-9-15(16)14-3-2-10-17-11-14/h4-7,11,15H,2-3,8-10,16H2,1H3. The Morgan fingerprint density at radius 2 is 2.06 bits per heavy atom. The molecule has 2 heteroatoms. The molecule has 1 aromatic carbocycles. The molecule has 2 nitrogen and oxygen atoms in total. The van der Waals surface area contributed by atoms with Crippen LogP contribution in [0.2, 0.25) is 0 Å². The number of hydrogen-bond acceptors (Lipinski definition) is 2. The Hall–Kier alpha value is -1.28. The van der Waals surface area contributed by atoms with Gasteiger partial charge in [0, 0.05) is 6.04 Å². The predicted molar refractivity (Wildman–Crippen MR) is 70.7 cm³/mol. The second-order valence-electron chi connectivity index (χ2n) is 4.80. The van der Waals surface area contributed by atoms with E-state index in [-0.39, 0.29) is 6.04 Å². The number of aryl methyl sites for hydroxylation is 2. The summed E-state index contributed by atoms with van der Waals surface area (Å²) in [5.41, 5.74) is 10.1. The molecule has 1 atom stereocenters. The van der Waals surface area contributed by atoms with Crippen molar-refractivity contribution >= 4 is 0 Å². The molecule has 0 spiro atoms. The van der Waals surface area contributed by atoms with Gasteiger partial charge in [0.15, 0.2) is 0 Å². The van der Waals surface area contributed by atoms with Crippen LogP contribution in [0, 0.1) is 6.92 Å². The van der Waals surface area contributed by atoms with Crippen LogP contribution in [0.15, 0.2) is 36.1 Å². The van der Waals surface area contributed by atoms with Crippen molar-refractivity contribution in [3.8, 4) is 0 Å². The lowest BCUT2D eigenvalue weighted by atomic mass is 9.96. The van der Waals surface area contributed by atoms with Gasteiger partial charge in [-0.25, -0.2) is 0 Å². The monoisotopic (exact) mass is 231 g/mol. The molecule has 17 heavy (non-hydrogen) atoms. The molecule has 0 aromatic heterocycles. The van der Waals surface area contributed by atoms with Crippen LogP contribution in [0.4, 0.5) is 0 Å².